The van der Waals surface area contributed by atoms with Gasteiger partial charge in [0.2, 0.25) is 0 Å². The van der Waals surface area contributed by atoms with Crippen LogP contribution < -0.4 is 0 Å². The third-order valence-electron chi connectivity index (χ3n) is 5.07. The van der Waals surface area contributed by atoms with E-state index in [4.69, 9.17) is 0 Å². The van der Waals surface area contributed by atoms with E-state index in [0.29, 0.717) is 24.2 Å². The van der Waals surface area contributed by atoms with E-state index in [-0.39, 0.29) is 18.5 Å². The highest BCUT2D eigenvalue weighted by atomic mass is 19.4. The van der Waals surface area contributed by atoms with Crippen LogP contribution in [0.4, 0.5) is 13.2 Å². The van der Waals surface area contributed by atoms with Gasteiger partial charge in [-0.1, -0.05) is 18.2 Å². The Balaban J connectivity index is 1.72. The van der Waals surface area contributed by atoms with Gasteiger partial charge in [0.1, 0.15) is 5.69 Å². The minimum absolute atomic E-state index is 0.0476. The lowest BCUT2D eigenvalue weighted by Gasteiger charge is -2.33. The number of aromatic nitrogens is 3. The second-order valence-corrected chi connectivity index (χ2v) is 7.05. The van der Waals surface area contributed by atoms with Crippen molar-refractivity contribution >= 4 is 5.91 Å². The Morgan fingerprint density at radius 3 is 2.59 bits per heavy atom. The molecule has 5 nitrogen and oxygen atoms in total. The van der Waals surface area contributed by atoms with Crippen LogP contribution in [-0.2, 0) is 0 Å². The summed E-state index contributed by atoms with van der Waals surface area (Å²) < 4.78 is 41.1. The van der Waals surface area contributed by atoms with Gasteiger partial charge in [0.15, 0.2) is 0 Å². The number of pyridine rings is 1. The molecule has 1 fully saturated rings. The highest BCUT2D eigenvalue weighted by Gasteiger charge is 2.43. The predicted molar refractivity (Wildman–Crippen MR) is 101 cm³/mol. The summed E-state index contributed by atoms with van der Waals surface area (Å²) in [5, 5.41) is 4.54. The number of alkyl halides is 3. The molecule has 1 amide bonds. The molecule has 29 heavy (non-hydrogen) atoms. The second kappa shape index (κ2) is 7.69. The van der Waals surface area contributed by atoms with Crippen molar-refractivity contribution in [2.75, 3.05) is 13.1 Å². The molecular formula is C21H19F3N4O. The SMILES string of the molecule is O=C(c1cn(-c2ccccc2)nc1-c1cccnc1)N1CCC[C@H](C(F)(F)F)C1. The molecule has 0 spiro atoms. The number of carbonyl (C=O) groups is 1. The van der Waals surface area contributed by atoms with Gasteiger partial charge in [-0.2, -0.15) is 18.3 Å². The van der Waals surface area contributed by atoms with E-state index in [1.54, 1.807) is 35.4 Å². The number of para-hydroxylation sites is 1. The average Bonchev–Trinajstić information content (AvgIpc) is 3.19. The molecule has 0 aliphatic carbocycles. The molecule has 3 aromatic rings. The van der Waals surface area contributed by atoms with Crippen molar-refractivity contribution in [3.05, 3.63) is 66.6 Å². The number of carbonyl (C=O) groups excluding carboxylic acids is 1. The van der Waals surface area contributed by atoms with Crippen molar-refractivity contribution in [2.45, 2.75) is 19.0 Å². The summed E-state index contributed by atoms with van der Waals surface area (Å²) in [4.78, 5) is 18.6. The van der Waals surface area contributed by atoms with Gasteiger partial charge in [0, 0.05) is 37.2 Å². The van der Waals surface area contributed by atoms with Gasteiger partial charge in [0.05, 0.1) is 17.2 Å². The first-order valence-electron chi connectivity index (χ1n) is 9.35. The Morgan fingerprint density at radius 2 is 1.90 bits per heavy atom. The number of piperidine rings is 1. The first kappa shape index (κ1) is 19.2. The van der Waals surface area contributed by atoms with Gasteiger partial charge < -0.3 is 4.90 Å². The smallest absolute Gasteiger partial charge is 0.338 e. The van der Waals surface area contributed by atoms with E-state index in [9.17, 15) is 18.0 Å². The lowest BCUT2D eigenvalue weighted by atomic mass is 9.96. The maximum atomic E-state index is 13.2. The molecule has 8 heteroatoms. The molecule has 0 bridgehead atoms. The van der Waals surface area contributed by atoms with E-state index in [2.05, 4.69) is 10.1 Å². The number of nitrogens with zero attached hydrogens (tertiary/aromatic N) is 4. The van der Waals surface area contributed by atoms with E-state index < -0.39 is 18.0 Å². The summed E-state index contributed by atoms with van der Waals surface area (Å²) in [7, 11) is 0. The van der Waals surface area contributed by atoms with Crippen LogP contribution in [0.25, 0.3) is 16.9 Å². The average molecular weight is 400 g/mol. The van der Waals surface area contributed by atoms with Crippen LogP contribution in [0.1, 0.15) is 23.2 Å². The zero-order valence-electron chi connectivity index (χ0n) is 15.5. The highest BCUT2D eigenvalue weighted by Crippen LogP contribution is 2.34. The van der Waals surface area contributed by atoms with Crippen molar-refractivity contribution in [3.63, 3.8) is 0 Å². The standard InChI is InChI=1S/C21H19F3N4O/c22-21(23,24)16-7-5-11-27(13-16)20(29)18-14-28(17-8-2-1-3-9-17)26-19(18)15-6-4-10-25-12-15/h1-4,6,8-10,12,14,16H,5,7,11,13H2/t16-/m0/s1. The zero-order valence-corrected chi connectivity index (χ0v) is 15.5. The Hall–Kier alpha value is -3.16. The predicted octanol–water partition coefficient (Wildman–Crippen LogP) is 4.35. The van der Waals surface area contributed by atoms with Crippen LogP contribution >= 0.6 is 0 Å². The number of hydrogen-bond donors (Lipinski definition) is 0. The van der Waals surface area contributed by atoms with E-state index in [1.165, 1.54) is 4.90 Å². The Kier molecular flexibility index (Phi) is 5.08. The fourth-order valence-corrected chi connectivity index (χ4v) is 3.56. The molecule has 1 atom stereocenters. The lowest BCUT2D eigenvalue weighted by Crippen LogP contribution is -2.44. The van der Waals surface area contributed by atoms with Crippen LogP contribution in [0.5, 0.6) is 0 Å². The van der Waals surface area contributed by atoms with Gasteiger partial charge in [-0.3, -0.25) is 9.78 Å². The molecule has 0 N–H and O–H groups in total. The van der Waals surface area contributed by atoms with Gasteiger partial charge >= 0.3 is 6.18 Å². The molecule has 0 unspecified atom stereocenters. The summed E-state index contributed by atoms with van der Waals surface area (Å²) in [6.07, 6.45) is 0.842. The van der Waals surface area contributed by atoms with Crippen LogP contribution in [0.15, 0.2) is 61.1 Å². The zero-order chi connectivity index (χ0) is 20.4. The summed E-state index contributed by atoms with van der Waals surface area (Å²) in [5.41, 5.74) is 2.06. The Bertz CT molecular complexity index is 986. The molecular weight excluding hydrogens is 381 g/mol. The normalized spacial score (nSPS) is 17.3. The quantitative estimate of drug-likeness (QED) is 0.657. The number of rotatable bonds is 3. The molecule has 2 aromatic heterocycles. The molecule has 0 saturated carbocycles. The molecule has 1 aliphatic heterocycles. The first-order valence-corrected chi connectivity index (χ1v) is 9.35. The first-order chi connectivity index (χ1) is 13.9. The van der Waals surface area contributed by atoms with Crippen molar-refractivity contribution in [2.24, 2.45) is 5.92 Å². The molecule has 1 aromatic carbocycles. The third-order valence-corrected chi connectivity index (χ3v) is 5.07. The van der Waals surface area contributed by atoms with Crippen molar-refractivity contribution in [1.29, 1.82) is 0 Å². The maximum Gasteiger partial charge on any atom is 0.393 e. The number of benzene rings is 1. The Labute approximate surface area is 165 Å². The number of hydrogen-bond acceptors (Lipinski definition) is 3. The van der Waals surface area contributed by atoms with Crippen LogP contribution in [-0.4, -0.2) is 44.8 Å². The van der Waals surface area contributed by atoms with Gasteiger partial charge in [0.25, 0.3) is 5.91 Å². The minimum atomic E-state index is -4.31. The molecule has 4 rings (SSSR count). The molecule has 150 valence electrons. The monoisotopic (exact) mass is 400 g/mol. The van der Waals surface area contributed by atoms with Crippen molar-refractivity contribution in [1.82, 2.24) is 19.7 Å². The van der Waals surface area contributed by atoms with Crippen molar-refractivity contribution < 1.29 is 18.0 Å². The number of likely N-dealkylation sites (tertiary alicyclic amines) is 1. The number of halogens is 3. The molecule has 3 heterocycles. The third kappa shape index (κ3) is 4.01. The van der Waals surface area contributed by atoms with Gasteiger partial charge in [-0.25, -0.2) is 4.68 Å². The van der Waals surface area contributed by atoms with E-state index in [1.807, 2.05) is 30.3 Å². The van der Waals surface area contributed by atoms with Crippen LogP contribution in [0, 0.1) is 5.92 Å². The fraction of sp³-hybridized carbons (Fsp3) is 0.286. The Morgan fingerprint density at radius 1 is 1.10 bits per heavy atom. The number of amides is 1. The summed E-state index contributed by atoms with van der Waals surface area (Å²) in [6, 6.07) is 12.7. The lowest BCUT2D eigenvalue weighted by molar-refractivity contribution is -0.184. The maximum absolute atomic E-state index is 13.2. The van der Waals surface area contributed by atoms with E-state index >= 15 is 0 Å². The minimum Gasteiger partial charge on any atom is -0.338 e. The fourth-order valence-electron chi connectivity index (χ4n) is 3.56. The summed E-state index contributed by atoms with van der Waals surface area (Å²) >= 11 is 0. The van der Waals surface area contributed by atoms with Gasteiger partial charge in [-0.15, -0.1) is 0 Å². The molecule has 0 radical (unpaired) electrons. The second-order valence-electron chi connectivity index (χ2n) is 7.05. The molecule has 1 saturated heterocycles. The van der Waals surface area contributed by atoms with E-state index in [0.717, 1.165) is 5.69 Å². The highest BCUT2D eigenvalue weighted by molar-refractivity contribution is 6.00. The summed E-state index contributed by atoms with van der Waals surface area (Å²) in [5.74, 6) is -1.94. The van der Waals surface area contributed by atoms with Crippen LogP contribution in [0.3, 0.4) is 0 Å². The van der Waals surface area contributed by atoms with Gasteiger partial charge in [-0.05, 0) is 37.1 Å². The van der Waals surface area contributed by atoms with Crippen molar-refractivity contribution in [3.8, 4) is 16.9 Å². The topological polar surface area (TPSA) is 51.0 Å². The van der Waals surface area contributed by atoms with Crippen LogP contribution in [0.2, 0.25) is 0 Å². The molecule has 1 aliphatic rings. The largest absolute Gasteiger partial charge is 0.393 e. The summed E-state index contributed by atoms with van der Waals surface area (Å²) in [6.45, 7) is -0.0280.